The summed E-state index contributed by atoms with van der Waals surface area (Å²) >= 11 is 0. The van der Waals surface area contributed by atoms with Crippen molar-refractivity contribution in [1.29, 1.82) is 0 Å². The maximum Gasteiger partial charge on any atom is 0.236 e. The Morgan fingerprint density at radius 2 is 1.54 bits per heavy atom. The molecule has 3 rings (SSSR count). The lowest BCUT2D eigenvalue weighted by Gasteiger charge is -2.36. The average molecular weight is 383 g/mol. The van der Waals surface area contributed by atoms with E-state index in [0.29, 0.717) is 13.1 Å². The number of piperazine rings is 1. The van der Waals surface area contributed by atoms with E-state index in [4.69, 9.17) is 0 Å². The third-order valence-electron chi connectivity index (χ3n) is 5.24. The van der Waals surface area contributed by atoms with Crippen LogP contribution in [0, 0.1) is 0 Å². The van der Waals surface area contributed by atoms with E-state index >= 15 is 0 Å². The minimum absolute atomic E-state index is 0.148. The zero-order valence-electron chi connectivity index (χ0n) is 17.0. The Morgan fingerprint density at radius 3 is 2.11 bits per heavy atom. The molecule has 1 N–H and O–H groups in total. The highest BCUT2D eigenvalue weighted by molar-refractivity contribution is 5.78. The largest absolute Gasteiger partial charge is 0.508 e. The second kappa shape index (κ2) is 8.97. The van der Waals surface area contributed by atoms with Gasteiger partial charge in [-0.25, -0.2) is 0 Å². The van der Waals surface area contributed by atoms with Crippen LogP contribution < -0.4 is 9.80 Å². The van der Waals surface area contributed by atoms with Crippen molar-refractivity contribution in [3.05, 3.63) is 54.1 Å². The van der Waals surface area contributed by atoms with E-state index in [1.165, 1.54) is 0 Å². The van der Waals surface area contributed by atoms with Gasteiger partial charge in [0, 0.05) is 65.2 Å². The molecule has 6 nitrogen and oxygen atoms in total. The number of aromatic hydroxyl groups is 1. The molecule has 1 aliphatic rings. The highest BCUT2D eigenvalue weighted by Gasteiger charge is 2.20. The predicted octanol–water partition coefficient (Wildman–Crippen LogP) is 2.24. The van der Waals surface area contributed by atoms with Gasteiger partial charge in [0.25, 0.3) is 0 Å². The molecule has 0 bridgehead atoms. The highest BCUT2D eigenvalue weighted by atomic mass is 16.3. The summed E-state index contributed by atoms with van der Waals surface area (Å²) in [5.74, 6) is 0.433. The van der Waals surface area contributed by atoms with Crippen LogP contribution in [-0.4, -0.2) is 74.7 Å². The van der Waals surface area contributed by atoms with Crippen molar-refractivity contribution in [2.75, 3.05) is 63.7 Å². The van der Waals surface area contributed by atoms with Crippen molar-refractivity contribution in [2.45, 2.75) is 6.54 Å². The number of carbonyl (C=O) groups is 1. The van der Waals surface area contributed by atoms with Gasteiger partial charge in [0.05, 0.1) is 6.54 Å². The number of hydrogen-bond acceptors (Lipinski definition) is 5. The van der Waals surface area contributed by atoms with E-state index in [2.05, 4.69) is 39.0 Å². The summed E-state index contributed by atoms with van der Waals surface area (Å²) in [7, 11) is 5.91. The lowest BCUT2D eigenvalue weighted by atomic mass is 10.2. The molecule has 28 heavy (non-hydrogen) atoms. The Bertz CT molecular complexity index is 766. The van der Waals surface area contributed by atoms with Crippen molar-refractivity contribution in [3.63, 3.8) is 0 Å². The Morgan fingerprint density at radius 1 is 0.929 bits per heavy atom. The Balaban J connectivity index is 1.46. The van der Waals surface area contributed by atoms with Crippen molar-refractivity contribution >= 4 is 17.3 Å². The third kappa shape index (κ3) is 5.16. The lowest BCUT2D eigenvalue weighted by Crippen LogP contribution is -2.49. The number of benzene rings is 2. The summed E-state index contributed by atoms with van der Waals surface area (Å²) in [6.45, 7) is 4.56. The number of amides is 1. The molecule has 1 fully saturated rings. The molecule has 0 spiro atoms. The summed E-state index contributed by atoms with van der Waals surface area (Å²) in [5, 5.41) is 9.42. The number of nitrogens with zero attached hydrogens (tertiary/aromatic N) is 4. The number of carbonyl (C=O) groups excluding carboxylic acids is 1. The van der Waals surface area contributed by atoms with Crippen molar-refractivity contribution in [2.24, 2.45) is 0 Å². The quantitative estimate of drug-likeness (QED) is 0.830. The van der Waals surface area contributed by atoms with Crippen LogP contribution in [0.15, 0.2) is 48.5 Å². The first-order valence-electron chi connectivity index (χ1n) is 9.69. The zero-order chi connectivity index (χ0) is 20.1. The van der Waals surface area contributed by atoms with Crippen molar-refractivity contribution in [3.8, 4) is 5.75 Å². The fraction of sp³-hybridized carbons (Fsp3) is 0.409. The van der Waals surface area contributed by atoms with Gasteiger partial charge in [-0.15, -0.1) is 0 Å². The summed E-state index contributed by atoms with van der Waals surface area (Å²) in [6, 6.07) is 15.6. The number of phenolic OH excluding ortho intramolecular Hbond substituents is 1. The summed E-state index contributed by atoms with van der Waals surface area (Å²) < 4.78 is 0. The molecule has 2 aromatic rings. The van der Waals surface area contributed by atoms with Crippen LogP contribution in [0.4, 0.5) is 11.4 Å². The smallest absolute Gasteiger partial charge is 0.236 e. The van der Waals surface area contributed by atoms with Crippen LogP contribution in [0.2, 0.25) is 0 Å². The molecule has 1 amide bonds. The van der Waals surface area contributed by atoms with Gasteiger partial charge in [0.15, 0.2) is 0 Å². The molecule has 1 heterocycles. The van der Waals surface area contributed by atoms with E-state index in [1.807, 2.05) is 33.3 Å². The Kier molecular flexibility index (Phi) is 6.41. The number of hydrogen-bond donors (Lipinski definition) is 1. The van der Waals surface area contributed by atoms with Crippen LogP contribution >= 0.6 is 0 Å². The third-order valence-corrected chi connectivity index (χ3v) is 5.24. The molecule has 6 heteroatoms. The zero-order valence-corrected chi connectivity index (χ0v) is 17.0. The maximum atomic E-state index is 12.6. The molecule has 0 aromatic heterocycles. The molecule has 1 aliphatic heterocycles. The second-order valence-electron chi connectivity index (χ2n) is 7.59. The summed E-state index contributed by atoms with van der Waals surface area (Å²) in [6.07, 6.45) is 0. The topological polar surface area (TPSA) is 50.3 Å². The highest BCUT2D eigenvalue weighted by Crippen LogP contribution is 2.20. The summed E-state index contributed by atoms with van der Waals surface area (Å²) in [5.41, 5.74) is 3.41. The predicted molar refractivity (Wildman–Crippen MR) is 114 cm³/mol. The Hall–Kier alpha value is -2.73. The van der Waals surface area contributed by atoms with E-state index in [9.17, 15) is 9.90 Å². The van der Waals surface area contributed by atoms with Gasteiger partial charge in [-0.2, -0.15) is 0 Å². The fourth-order valence-electron chi connectivity index (χ4n) is 3.40. The van der Waals surface area contributed by atoms with Crippen LogP contribution in [-0.2, 0) is 11.3 Å². The molecule has 1 saturated heterocycles. The van der Waals surface area contributed by atoms with Gasteiger partial charge in [-0.1, -0.05) is 12.1 Å². The molecule has 0 aliphatic carbocycles. The van der Waals surface area contributed by atoms with Gasteiger partial charge in [-0.05, 0) is 42.0 Å². The minimum Gasteiger partial charge on any atom is -0.508 e. The van der Waals surface area contributed by atoms with Gasteiger partial charge in [0.1, 0.15) is 5.75 Å². The Labute approximate surface area is 167 Å². The van der Waals surface area contributed by atoms with Crippen molar-refractivity contribution in [1.82, 2.24) is 9.80 Å². The van der Waals surface area contributed by atoms with E-state index in [-0.39, 0.29) is 11.7 Å². The van der Waals surface area contributed by atoms with Crippen LogP contribution in [0.1, 0.15) is 5.56 Å². The van der Waals surface area contributed by atoms with Crippen LogP contribution in [0.25, 0.3) is 0 Å². The SMILES string of the molecule is CN(Cc1ccc(N(C)C)cc1)C(=O)CN1CCN(c2ccc(O)cc2)CC1. The normalized spacial score (nSPS) is 14.8. The first-order valence-corrected chi connectivity index (χ1v) is 9.69. The molecule has 0 atom stereocenters. The van der Waals surface area contributed by atoms with E-state index < -0.39 is 0 Å². The second-order valence-corrected chi connectivity index (χ2v) is 7.59. The monoisotopic (exact) mass is 382 g/mol. The first kappa shape index (κ1) is 20.0. The van der Waals surface area contributed by atoms with Gasteiger partial charge in [0.2, 0.25) is 5.91 Å². The molecule has 0 unspecified atom stereocenters. The molecular weight excluding hydrogens is 352 g/mol. The summed E-state index contributed by atoms with van der Waals surface area (Å²) in [4.78, 5) is 21.0. The number of phenols is 1. The van der Waals surface area contributed by atoms with E-state index in [0.717, 1.165) is 43.1 Å². The van der Waals surface area contributed by atoms with Crippen molar-refractivity contribution < 1.29 is 9.90 Å². The fourth-order valence-corrected chi connectivity index (χ4v) is 3.40. The number of anilines is 2. The van der Waals surface area contributed by atoms with Gasteiger partial charge < -0.3 is 19.8 Å². The minimum atomic E-state index is 0.148. The lowest BCUT2D eigenvalue weighted by molar-refractivity contribution is -0.131. The molecule has 2 aromatic carbocycles. The number of likely N-dealkylation sites (N-methyl/N-ethyl adjacent to an activating group) is 1. The van der Waals surface area contributed by atoms with Gasteiger partial charge >= 0.3 is 0 Å². The molecule has 150 valence electrons. The maximum absolute atomic E-state index is 12.6. The van der Waals surface area contributed by atoms with E-state index in [1.54, 1.807) is 17.0 Å². The van der Waals surface area contributed by atoms with Crippen LogP contribution in [0.3, 0.4) is 0 Å². The average Bonchev–Trinajstić information content (AvgIpc) is 2.69. The standard InChI is InChI=1S/C22H30N4O2/c1-23(2)19-6-4-18(5-7-19)16-24(3)22(28)17-25-12-14-26(15-13-25)20-8-10-21(27)11-9-20/h4-11,27H,12-17H2,1-3H3. The molecule has 0 radical (unpaired) electrons. The number of rotatable bonds is 6. The molecular formula is C22H30N4O2. The van der Waals surface area contributed by atoms with Gasteiger partial charge in [-0.3, -0.25) is 9.69 Å². The molecule has 0 saturated carbocycles. The first-order chi connectivity index (χ1) is 13.4. The van der Waals surface area contributed by atoms with Crippen LogP contribution in [0.5, 0.6) is 5.75 Å².